The number of thiophene rings is 1. The smallest absolute Gasteiger partial charge is 0.258 e. The summed E-state index contributed by atoms with van der Waals surface area (Å²) in [5, 5.41) is 18.7. The summed E-state index contributed by atoms with van der Waals surface area (Å²) in [5.41, 5.74) is 8.37. The van der Waals surface area contributed by atoms with E-state index in [4.69, 9.17) is 11.1 Å². The van der Waals surface area contributed by atoms with Crippen molar-refractivity contribution in [2.45, 2.75) is 5.16 Å². The van der Waals surface area contributed by atoms with Gasteiger partial charge in [-0.3, -0.25) is 10.1 Å². The van der Waals surface area contributed by atoms with Gasteiger partial charge in [0.2, 0.25) is 11.1 Å². The Hall–Kier alpha value is -3.17. The van der Waals surface area contributed by atoms with Crippen LogP contribution in [0.5, 0.6) is 0 Å². The first kappa shape index (κ1) is 18.2. The number of nitrogens with one attached hydrogen (secondary N) is 3. The Morgan fingerprint density at radius 3 is 2.86 bits per heavy atom. The van der Waals surface area contributed by atoms with Gasteiger partial charge in [0.05, 0.1) is 0 Å². The molecule has 0 radical (unpaired) electrons. The van der Waals surface area contributed by atoms with Crippen LogP contribution in [-0.2, 0) is 0 Å². The maximum absolute atomic E-state index is 12.7. The second-order valence-corrected chi connectivity index (χ2v) is 7.80. The number of fused-ring (bicyclic) bond motifs is 1. The predicted octanol–water partition coefficient (Wildman–Crippen LogP) is 4.24. The first-order valence-corrected chi connectivity index (χ1v) is 10.3. The van der Waals surface area contributed by atoms with Crippen LogP contribution in [0.4, 0.5) is 11.6 Å². The van der Waals surface area contributed by atoms with Crippen molar-refractivity contribution in [3.63, 3.8) is 0 Å². The highest BCUT2D eigenvalue weighted by molar-refractivity contribution is 7.98. The van der Waals surface area contributed by atoms with Crippen LogP contribution >= 0.6 is 23.1 Å². The zero-order valence-corrected chi connectivity index (χ0v) is 16.4. The van der Waals surface area contributed by atoms with Crippen LogP contribution < -0.4 is 11.1 Å². The Morgan fingerprint density at radius 1 is 1.32 bits per heavy atom. The van der Waals surface area contributed by atoms with E-state index >= 15 is 0 Å². The largest absolute Gasteiger partial charge is 0.398 e. The molecule has 0 aliphatic carbocycles. The van der Waals surface area contributed by atoms with Crippen LogP contribution in [0.15, 0.2) is 47.6 Å². The maximum atomic E-state index is 12.7. The Kier molecular flexibility index (Phi) is 4.84. The molecular formula is C19H16N6OS2. The number of H-pyrrole nitrogens is 1. The fourth-order valence-corrected chi connectivity index (χ4v) is 4.23. The van der Waals surface area contributed by atoms with E-state index in [1.165, 1.54) is 11.8 Å². The Balaban J connectivity index is 1.75. The summed E-state index contributed by atoms with van der Waals surface area (Å²) in [4.78, 5) is 17.8. The number of carbonyl (C=O) groups is 1. The molecule has 28 heavy (non-hydrogen) atoms. The number of hydrogen-bond donors (Lipinski definition) is 4. The van der Waals surface area contributed by atoms with Crippen LogP contribution in [0.3, 0.4) is 0 Å². The minimum atomic E-state index is -0.353. The van der Waals surface area contributed by atoms with Crippen molar-refractivity contribution in [2.75, 3.05) is 17.3 Å². The number of anilines is 2. The lowest BCUT2D eigenvalue weighted by Crippen LogP contribution is -2.14. The van der Waals surface area contributed by atoms with Crippen molar-refractivity contribution in [2.24, 2.45) is 0 Å². The molecule has 4 rings (SSSR count). The van der Waals surface area contributed by atoms with Gasteiger partial charge in [0.25, 0.3) is 5.91 Å². The Morgan fingerprint density at radius 2 is 2.14 bits per heavy atom. The third-order valence-electron chi connectivity index (χ3n) is 4.20. The number of nitrogens with zero attached hydrogens (tertiary/aromatic N) is 2. The summed E-state index contributed by atoms with van der Waals surface area (Å²) < 4.78 is 1.13. The van der Waals surface area contributed by atoms with E-state index in [1.54, 1.807) is 23.5 Å². The number of benzene rings is 2. The topological polar surface area (TPSA) is 121 Å². The fraction of sp³-hybridized carbons (Fsp3) is 0.0526. The van der Waals surface area contributed by atoms with Crippen LogP contribution in [0, 0.1) is 5.41 Å². The molecule has 2 aromatic carbocycles. The van der Waals surface area contributed by atoms with E-state index in [0.29, 0.717) is 22.0 Å². The number of carbonyl (C=O) groups excluding carboxylic acids is 1. The number of hydrogen-bond acceptors (Lipinski definition) is 7. The molecule has 2 heterocycles. The van der Waals surface area contributed by atoms with E-state index < -0.39 is 0 Å². The number of nitrogen functional groups attached to an aromatic ring is 1. The molecule has 0 spiro atoms. The fourth-order valence-electron chi connectivity index (χ4n) is 2.82. The standard InChI is InChI=1S/C19H16N6OS2/c1-27-19-23-18(24-25-19)22-17(26)11-6-12(9-20)16(21)13(7-11)15-8-10-4-2-3-5-14(10)28-15/h2-9,20H,21H2,1H3,(H2,22,23,24,25,26). The van der Waals surface area contributed by atoms with E-state index in [9.17, 15) is 4.79 Å². The molecule has 4 aromatic rings. The van der Waals surface area contributed by atoms with Crippen LogP contribution in [0.2, 0.25) is 0 Å². The normalized spacial score (nSPS) is 10.9. The van der Waals surface area contributed by atoms with E-state index in [-0.39, 0.29) is 11.9 Å². The molecule has 2 aromatic heterocycles. The highest BCUT2D eigenvalue weighted by Gasteiger charge is 2.16. The van der Waals surface area contributed by atoms with Gasteiger partial charge in [0, 0.05) is 38.2 Å². The van der Waals surface area contributed by atoms with Crippen molar-refractivity contribution in [1.29, 1.82) is 5.41 Å². The number of rotatable bonds is 5. The van der Waals surface area contributed by atoms with E-state index in [0.717, 1.165) is 26.7 Å². The van der Waals surface area contributed by atoms with Gasteiger partial charge in [0.1, 0.15) is 0 Å². The molecular weight excluding hydrogens is 392 g/mol. The molecule has 0 unspecified atom stereocenters. The van der Waals surface area contributed by atoms with Crippen molar-refractivity contribution >= 4 is 56.9 Å². The van der Waals surface area contributed by atoms with Gasteiger partial charge in [-0.15, -0.1) is 16.4 Å². The SMILES string of the molecule is CSc1n[nH]c(NC(=O)c2cc(C=N)c(N)c(-c3cc4ccccc4s3)c2)n1. The van der Waals surface area contributed by atoms with Gasteiger partial charge in [-0.05, 0) is 35.9 Å². The van der Waals surface area contributed by atoms with Gasteiger partial charge in [-0.2, -0.15) is 4.98 Å². The minimum Gasteiger partial charge on any atom is -0.398 e. The monoisotopic (exact) mass is 408 g/mol. The molecule has 0 atom stereocenters. The highest BCUT2D eigenvalue weighted by atomic mass is 32.2. The molecule has 0 fully saturated rings. The molecule has 7 nitrogen and oxygen atoms in total. The third-order valence-corrected chi connectivity index (χ3v) is 5.90. The summed E-state index contributed by atoms with van der Waals surface area (Å²) in [6.07, 6.45) is 3.01. The molecule has 0 bridgehead atoms. The van der Waals surface area contributed by atoms with E-state index in [1.807, 2.05) is 36.6 Å². The predicted molar refractivity (Wildman–Crippen MR) is 116 cm³/mol. The van der Waals surface area contributed by atoms with Gasteiger partial charge >= 0.3 is 0 Å². The quantitative estimate of drug-likeness (QED) is 0.224. The summed E-state index contributed by atoms with van der Waals surface area (Å²) >= 11 is 2.97. The second-order valence-electron chi connectivity index (χ2n) is 5.94. The van der Waals surface area contributed by atoms with Crippen molar-refractivity contribution < 1.29 is 4.79 Å². The molecule has 1 amide bonds. The maximum Gasteiger partial charge on any atom is 0.258 e. The zero-order valence-electron chi connectivity index (χ0n) is 14.8. The number of amides is 1. The second kappa shape index (κ2) is 7.45. The van der Waals surface area contributed by atoms with Crippen molar-refractivity contribution in [3.8, 4) is 10.4 Å². The highest BCUT2D eigenvalue weighted by Crippen LogP contribution is 2.38. The van der Waals surface area contributed by atoms with Crippen molar-refractivity contribution in [1.82, 2.24) is 15.2 Å². The number of aromatic amines is 1. The molecule has 5 N–H and O–H groups in total. The zero-order chi connectivity index (χ0) is 19.7. The number of thioether (sulfide) groups is 1. The summed E-state index contributed by atoms with van der Waals surface area (Å²) in [5.74, 6) is -0.0831. The van der Waals surface area contributed by atoms with E-state index in [2.05, 4.69) is 20.5 Å². The third kappa shape index (κ3) is 3.37. The van der Waals surface area contributed by atoms with Crippen LogP contribution in [-0.4, -0.2) is 33.6 Å². The Bertz CT molecular complexity index is 1160. The van der Waals surface area contributed by atoms with Gasteiger partial charge in [0.15, 0.2) is 0 Å². The van der Waals surface area contributed by atoms with Crippen molar-refractivity contribution in [3.05, 3.63) is 53.6 Å². The van der Waals surface area contributed by atoms with Gasteiger partial charge < -0.3 is 11.1 Å². The van der Waals surface area contributed by atoms with Gasteiger partial charge in [-0.1, -0.05) is 30.0 Å². The minimum absolute atomic E-state index is 0.269. The molecule has 0 aliphatic heterocycles. The van der Waals surface area contributed by atoms with Crippen LogP contribution in [0.1, 0.15) is 15.9 Å². The summed E-state index contributed by atoms with van der Waals surface area (Å²) in [7, 11) is 0. The first-order valence-electron chi connectivity index (χ1n) is 8.29. The lowest BCUT2D eigenvalue weighted by Gasteiger charge is -2.10. The lowest BCUT2D eigenvalue weighted by molar-refractivity contribution is 0.102. The average molecular weight is 409 g/mol. The average Bonchev–Trinajstić information content (AvgIpc) is 3.34. The molecule has 0 saturated heterocycles. The number of nitrogens with two attached hydrogens (primary N) is 1. The molecule has 140 valence electrons. The molecule has 9 heteroatoms. The lowest BCUT2D eigenvalue weighted by atomic mass is 10.0. The molecule has 0 saturated carbocycles. The number of aromatic nitrogens is 3. The Labute approximate surface area is 168 Å². The molecule has 0 aliphatic rings. The summed E-state index contributed by atoms with van der Waals surface area (Å²) in [6.45, 7) is 0. The van der Waals surface area contributed by atoms with Gasteiger partial charge in [-0.25, -0.2) is 5.10 Å². The first-order chi connectivity index (χ1) is 13.6. The summed E-state index contributed by atoms with van der Waals surface area (Å²) in [6, 6.07) is 13.4. The van der Waals surface area contributed by atoms with Crippen LogP contribution in [0.25, 0.3) is 20.5 Å².